The number of hydrogen-bond donors (Lipinski definition) is 3. The van der Waals surface area contributed by atoms with Crippen LogP contribution in [0.2, 0.25) is 0 Å². The molecular formula is C23H27FN4O3. The fraction of sp³-hybridized carbons (Fsp3) is 0.435. The van der Waals surface area contributed by atoms with Crippen molar-refractivity contribution in [1.29, 1.82) is 0 Å². The van der Waals surface area contributed by atoms with Gasteiger partial charge in [0.1, 0.15) is 23.0 Å². The van der Waals surface area contributed by atoms with Crippen molar-refractivity contribution in [2.75, 3.05) is 5.32 Å². The number of aryl methyl sites for hydroxylation is 1. The molecule has 1 aliphatic rings. The molecule has 1 unspecified atom stereocenters. The van der Waals surface area contributed by atoms with Crippen LogP contribution in [-0.2, 0) is 0 Å². The summed E-state index contributed by atoms with van der Waals surface area (Å²) in [6, 6.07) is 3.59. The fourth-order valence-electron chi connectivity index (χ4n) is 4.05. The van der Waals surface area contributed by atoms with E-state index in [1.807, 2.05) is 27.7 Å². The standard InChI is InChI=1S/C23H27FN4O3/c1-11(2)20(21-13(4)16-7-14(24)5-6-19(16)31-21)28-23(30)27-15-9-25-22(26-10-15)17-8-18(29)12(17)3/h5-7,9-12,17-18,20,29H,8H2,1-4H3,(H2,27,28,30)/t12-,17?,18-,20-/m1/s1. The van der Waals surface area contributed by atoms with Crippen molar-refractivity contribution < 1.29 is 18.7 Å². The second-order valence-electron chi connectivity index (χ2n) is 8.65. The molecule has 8 heteroatoms. The number of benzene rings is 1. The lowest BCUT2D eigenvalue weighted by atomic mass is 9.72. The van der Waals surface area contributed by atoms with Gasteiger partial charge >= 0.3 is 6.03 Å². The largest absolute Gasteiger partial charge is 0.459 e. The molecule has 2 heterocycles. The van der Waals surface area contributed by atoms with Gasteiger partial charge in [-0.25, -0.2) is 19.2 Å². The van der Waals surface area contributed by atoms with Crippen molar-refractivity contribution in [3.8, 4) is 0 Å². The molecule has 0 saturated heterocycles. The highest BCUT2D eigenvalue weighted by Gasteiger charge is 2.39. The van der Waals surface area contributed by atoms with Gasteiger partial charge in [-0.15, -0.1) is 0 Å². The lowest BCUT2D eigenvalue weighted by molar-refractivity contribution is 0.00869. The van der Waals surface area contributed by atoms with Gasteiger partial charge in [-0.3, -0.25) is 0 Å². The molecule has 0 bridgehead atoms. The van der Waals surface area contributed by atoms with Gasteiger partial charge in [-0.1, -0.05) is 20.8 Å². The topological polar surface area (TPSA) is 100 Å². The number of furan rings is 1. The molecule has 1 aromatic carbocycles. The zero-order chi connectivity index (χ0) is 22.3. The summed E-state index contributed by atoms with van der Waals surface area (Å²) in [6.07, 6.45) is 3.49. The number of carbonyl (C=O) groups is 1. The molecule has 3 N–H and O–H groups in total. The third-order valence-electron chi connectivity index (χ3n) is 6.17. The van der Waals surface area contributed by atoms with Crippen molar-refractivity contribution in [2.24, 2.45) is 11.8 Å². The van der Waals surface area contributed by atoms with Crippen molar-refractivity contribution in [2.45, 2.75) is 52.2 Å². The lowest BCUT2D eigenvalue weighted by Crippen LogP contribution is -2.38. The number of aromatic nitrogens is 2. The Bertz CT molecular complexity index is 1100. The molecule has 31 heavy (non-hydrogen) atoms. The number of urea groups is 1. The Morgan fingerprint density at radius 1 is 1.29 bits per heavy atom. The zero-order valence-electron chi connectivity index (χ0n) is 18.0. The van der Waals surface area contributed by atoms with Crippen LogP contribution in [0, 0.1) is 24.6 Å². The number of amides is 2. The Balaban J connectivity index is 1.47. The zero-order valence-corrected chi connectivity index (χ0v) is 18.0. The van der Waals surface area contributed by atoms with Crippen LogP contribution in [0.1, 0.15) is 56.3 Å². The van der Waals surface area contributed by atoms with Crippen LogP contribution in [0.15, 0.2) is 35.0 Å². The molecule has 0 aliphatic heterocycles. The van der Waals surface area contributed by atoms with Gasteiger partial charge in [0, 0.05) is 16.9 Å². The Labute approximate surface area is 180 Å². The van der Waals surface area contributed by atoms with E-state index in [0.717, 1.165) is 5.56 Å². The third kappa shape index (κ3) is 4.12. The van der Waals surface area contributed by atoms with Crippen molar-refractivity contribution in [3.63, 3.8) is 0 Å². The highest BCUT2D eigenvalue weighted by molar-refractivity contribution is 5.89. The molecule has 0 spiro atoms. The number of halogens is 1. The molecule has 0 radical (unpaired) electrons. The molecule has 4 atom stereocenters. The molecule has 1 saturated carbocycles. The number of fused-ring (bicyclic) bond motifs is 1. The summed E-state index contributed by atoms with van der Waals surface area (Å²) in [5, 5.41) is 16.1. The average molecular weight is 426 g/mol. The molecule has 7 nitrogen and oxygen atoms in total. The number of nitrogens with one attached hydrogen (secondary N) is 2. The van der Waals surface area contributed by atoms with Gasteiger partial charge < -0.3 is 20.2 Å². The van der Waals surface area contributed by atoms with Crippen LogP contribution in [0.5, 0.6) is 0 Å². The smallest absolute Gasteiger partial charge is 0.319 e. The van der Waals surface area contributed by atoms with E-state index in [1.165, 1.54) is 12.1 Å². The monoisotopic (exact) mass is 426 g/mol. The highest BCUT2D eigenvalue weighted by atomic mass is 19.1. The predicted molar refractivity (Wildman–Crippen MR) is 115 cm³/mol. The minimum Gasteiger partial charge on any atom is -0.459 e. The number of carbonyl (C=O) groups excluding carboxylic acids is 1. The molecule has 1 aliphatic carbocycles. The summed E-state index contributed by atoms with van der Waals surface area (Å²) in [6.45, 7) is 7.79. The number of aliphatic hydroxyl groups is 1. The van der Waals surface area contributed by atoms with Gasteiger partial charge in [-0.2, -0.15) is 0 Å². The van der Waals surface area contributed by atoms with Crippen LogP contribution < -0.4 is 10.6 Å². The van der Waals surface area contributed by atoms with Crippen LogP contribution in [0.4, 0.5) is 14.9 Å². The van der Waals surface area contributed by atoms with E-state index in [2.05, 4.69) is 20.6 Å². The fourth-order valence-corrected chi connectivity index (χ4v) is 4.05. The molecule has 3 aromatic rings. The summed E-state index contributed by atoms with van der Waals surface area (Å²) in [5.74, 6) is 1.27. The number of rotatable bonds is 5. The second-order valence-corrected chi connectivity index (χ2v) is 8.65. The first-order valence-corrected chi connectivity index (χ1v) is 10.5. The van der Waals surface area contributed by atoms with Crippen LogP contribution in [0.25, 0.3) is 11.0 Å². The lowest BCUT2D eigenvalue weighted by Gasteiger charge is -2.38. The number of anilines is 1. The minimum atomic E-state index is -0.409. The van der Waals surface area contributed by atoms with E-state index in [0.29, 0.717) is 34.7 Å². The molecule has 2 aromatic heterocycles. The SMILES string of the molecule is Cc1c([C@H](NC(=O)Nc2cnc(C3C[C@@H](O)[C@@H]3C)nc2)C(C)C)oc2ccc(F)cc12. The van der Waals surface area contributed by atoms with E-state index in [-0.39, 0.29) is 29.7 Å². The van der Waals surface area contributed by atoms with Gasteiger partial charge in [0.15, 0.2) is 0 Å². The Hall–Kier alpha value is -3.00. The highest BCUT2D eigenvalue weighted by Crippen LogP contribution is 2.40. The maximum Gasteiger partial charge on any atom is 0.319 e. The van der Waals surface area contributed by atoms with Gasteiger partial charge in [-0.05, 0) is 43.4 Å². The predicted octanol–water partition coefficient (Wildman–Crippen LogP) is 4.67. The number of hydrogen-bond acceptors (Lipinski definition) is 5. The summed E-state index contributed by atoms with van der Waals surface area (Å²) < 4.78 is 19.6. The van der Waals surface area contributed by atoms with Crippen LogP contribution in [-0.4, -0.2) is 27.2 Å². The molecule has 4 rings (SSSR count). The van der Waals surface area contributed by atoms with E-state index in [9.17, 15) is 14.3 Å². The van der Waals surface area contributed by atoms with Crippen LogP contribution in [0.3, 0.4) is 0 Å². The Morgan fingerprint density at radius 3 is 2.61 bits per heavy atom. The molecule has 2 amide bonds. The Kier molecular flexibility index (Phi) is 5.66. The van der Waals surface area contributed by atoms with Crippen molar-refractivity contribution in [3.05, 3.63) is 53.6 Å². The number of aliphatic hydroxyl groups excluding tert-OH is 1. The van der Waals surface area contributed by atoms with Crippen molar-refractivity contribution in [1.82, 2.24) is 15.3 Å². The molecule has 164 valence electrons. The quantitative estimate of drug-likeness (QED) is 0.550. The molecule has 1 fully saturated rings. The van der Waals surface area contributed by atoms with Crippen LogP contribution >= 0.6 is 0 Å². The van der Waals surface area contributed by atoms with E-state index in [4.69, 9.17) is 4.42 Å². The van der Waals surface area contributed by atoms with E-state index < -0.39 is 12.1 Å². The van der Waals surface area contributed by atoms with Gasteiger partial charge in [0.05, 0.1) is 30.2 Å². The average Bonchev–Trinajstić information content (AvgIpc) is 3.06. The van der Waals surface area contributed by atoms with E-state index in [1.54, 1.807) is 18.5 Å². The Morgan fingerprint density at radius 2 is 2.00 bits per heavy atom. The minimum absolute atomic E-state index is 0.0417. The van der Waals surface area contributed by atoms with E-state index >= 15 is 0 Å². The number of nitrogens with zero attached hydrogens (tertiary/aromatic N) is 2. The first-order valence-electron chi connectivity index (χ1n) is 10.5. The maximum atomic E-state index is 13.6. The first kappa shape index (κ1) is 21.2. The summed E-state index contributed by atoms with van der Waals surface area (Å²) in [5.41, 5.74) is 1.86. The molecular weight excluding hydrogens is 399 g/mol. The van der Waals surface area contributed by atoms with Gasteiger partial charge in [0.25, 0.3) is 0 Å². The maximum absolute atomic E-state index is 13.6. The first-order chi connectivity index (χ1) is 14.7. The summed E-state index contributed by atoms with van der Waals surface area (Å²) in [7, 11) is 0. The van der Waals surface area contributed by atoms with Crippen molar-refractivity contribution >= 4 is 22.7 Å². The normalized spacial score (nSPS) is 21.7. The summed E-state index contributed by atoms with van der Waals surface area (Å²) >= 11 is 0. The third-order valence-corrected chi connectivity index (χ3v) is 6.17. The second kappa shape index (κ2) is 8.26. The van der Waals surface area contributed by atoms with Gasteiger partial charge in [0.2, 0.25) is 0 Å². The summed E-state index contributed by atoms with van der Waals surface area (Å²) in [4.78, 5) is 21.3.